The van der Waals surface area contributed by atoms with Gasteiger partial charge in [-0.1, -0.05) is 45.9 Å². The first-order chi connectivity index (χ1) is 12.0. The Hall–Kier alpha value is -1.96. The van der Waals surface area contributed by atoms with Crippen molar-refractivity contribution in [2.24, 2.45) is 17.3 Å². The Morgan fingerprint density at radius 1 is 1.12 bits per heavy atom. The average molecular weight is 330 g/mol. The molecule has 0 aliphatic heterocycles. The summed E-state index contributed by atoms with van der Waals surface area (Å²) in [5.41, 5.74) is 5.44. The number of hydrogen-bond donors (Lipinski definition) is 0. The molecule has 6 rings (SSSR count). The van der Waals surface area contributed by atoms with Gasteiger partial charge >= 0.3 is 0 Å². The molecule has 0 unspecified atom stereocenters. The van der Waals surface area contributed by atoms with Crippen LogP contribution in [0.2, 0.25) is 0 Å². The highest BCUT2D eigenvalue weighted by Gasteiger charge is 2.57. The van der Waals surface area contributed by atoms with Crippen molar-refractivity contribution in [2.75, 3.05) is 0 Å². The summed E-state index contributed by atoms with van der Waals surface area (Å²) in [5.74, 6) is 2.75. The Morgan fingerprint density at radius 2 is 1.92 bits per heavy atom. The predicted molar refractivity (Wildman–Crippen MR) is 104 cm³/mol. The minimum absolute atomic E-state index is 0.414. The normalized spacial score (nSPS) is 26.7. The van der Waals surface area contributed by atoms with E-state index in [2.05, 4.69) is 56.9 Å². The molecule has 1 fully saturated rings. The standard InChI is InChI=1S/C23H26N2/c1-13(2)10-16-18-12-19(23(18,3)4)17-11-15-8-7-14-6-5-9-24-20(14)21(15)25-22(16)17/h5-9,11,13,16,18-19H,10,12H2,1-4H3/t16-,18+,19-/m1/s1. The highest BCUT2D eigenvalue weighted by atomic mass is 14.8. The maximum Gasteiger partial charge on any atom is 0.0968 e. The zero-order chi connectivity index (χ0) is 17.3. The summed E-state index contributed by atoms with van der Waals surface area (Å²) in [4.78, 5) is 9.90. The Morgan fingerprint density at radius 3 is 2.68 bits per heavy atom. The minimum Gasteiger partial charge on any atom is -0.254 e. The molecule has 0 radical (unpaired) electrons. The lowest BCUT2D eigenvalue weighted by Gasteiger charge is -2.60. The molecule has 0 amide bonds. The first kappa shape index (κ1) is 15.3. The molecule has 0 spiro atoms. The number of benzene rings is 1. The molecule has 3 atom stereocenters. The second kappa shape index (κ2) is 5.03. The Bertz CT molecular complexity index is 986. The number of hydrogen-bond acceptors (Lipinski definition) is 2. The molecule has 2 heterocycles. The first-order valence-electron chi connectivity index (χ1n) is 9.65. The molecule has 0 saturated heterocycles. The van der Waals surface area contributed by atoms with E-state index in [4.69, 9.17) is 4.98 Å². The molecule has 3 aliphatic carbocycles. The van der Waals surface area contributed by atoms with Crippen LogP contribution in [0.5, 0.6) is 0 Å². The van der Waals surface area contributed by atoms with Crippen LogP contribution in [0, 0.1) is 17.3 Å². The topological polar surface area (TPSA) is 25.8 Å². The van der Waals surface area contributed by atoms with E-state index in [1.54, 1.807) is 0 Å². The maximum atomic E-state index is 5.26. The lowest BCUT2D eigenvalue weighted by molar-refractivity contribution is -0.0125. The summed E-state index contributed by atoms with van der Waals surface area (Å²) in [5, 5.41) is 2.43. The molecule has 2 nitrogen and oxygen atoms in total. The van der Waals surface area contributed by atoms with Gasteiger partial charge in [0, 0.05) is 28.6 Å². The fourth-order valence-corrected chi connectivity index (χ4v) is 5.53. The quantitative estimate of drug-likeness (QED) is 0.534. The van der Waals surface area contributed by atoms with Crippen LogP contribution < -0.4 is 0 Å². The highest BCUT2D eigenvalue weighted by molar-refractivity contribution is 6.02. The minimum atomic E-state index is 0.414. The van der Waals surface area contributed by atoms with Crippen LogP contribution in [-0.4, -0.2) is 9.97 Å². The fraction of sp³-hybridized carbons (Fsp3) is 0.478. The molecule has 3 aliphatic rings. The van der Waals surface area contributed by atoms with Crippen LogP contribution in [0.25, 0.3) is 21.8 Å². The zero-order valence-electron chi connectivity index (χ0n) is 15.6. The summed E-state index contributed by atoms with van der Waals surface area (Å²) < 4.78 is 0. The van der Waals surface area contributed by atoms with Crippen LogP contribution in [0.1, 0.15) is 63.6 Å². The SMILES string of the molecule is CC(C)C[C@H]1c2nc3c(ccc4cccnc43)cc2[C@H]2C[C@@H]1C2(C)C. The van der Waals surface area contributed by atoms with Crippen LogP contribution in [0.3, 0.4) is 0 Å². The van der Waals surface area contributed by atoms with E-state index in [1.807, 2.05) is 12.3 Å². The van der Waals surface area contributed by atoms with Gasteiger partial charge < -0.3 is 0 Å². The smallest absolute Gasteiger partial charge is 0.0968 e. The number of aromatic nitrogens is 2. The first-order valence-corrected chi connectivity index (χ1v) is 9.65. The summed E-state index contributed by atoms with van der Waals surface area (Å²) >= 11 is 0. The molecule has 0 N–H and O–H groups in total. The van der Waals surface area contributed by atoms with Gasteiger partial charge in [0.1, 0.15) is 0 Å². The van der Waals surface area contributed by atoms with E-state index < -0.39 is 0 Å². The highest BCUT2D eigenvalue weighted by Crippen LogP contribution is 2.67. The maximum absolute atomic E-state index is 5.26. The third-order valence-electron chi connectivity index (χ3n) is 6.90. The van der Waals surface area contributed by atoms with Gasteiger partial charge in [0.25, 0.3) is 0 Å². The summed E-state index contributed by atoms with van der Waals surface area (Å²) in [6.45, 7) is 9.62. The summed E-state index contributed by atoms with van der Waals surface area (Å²) in [6, 6.07) is 11.0. The number of rotatable bonds is 2. The third-order valence-corrected chi connectivity index (χ3v) is 6.90. The number of fused-ring (bicyclic) bond motifs is 3. The molecular weight excluding hydrogens is 304 g/mol. The number of nitrogens with zero attached hydrogens (tertiary/aromatic N) is 2. The van der Waals surface area contributed by atoms with Crippen LogP contribution in [-0.2, 0) is 0 Å². The van der Waals surface area contributed by atoms with Gasteiger partial charge in [0.05, 0.1) is 11.0 Å². The molecule has 2 heteroatoms. The van der Waals surface area contributed by atoms with Gasteiger partial charge in [-0.05, 0) is 53.7 Å². The van der Waals surface area contributed by atoms with E-state index in [1.165, 1.54) is 34.9 Å². The van der Waals surface area contributed by atoms with Gasteiger partial charge in [-0.2, -0.15) is 0 Å². The molecule has 3 aromatic rings. The second-order valence-corrected chi connectivity index (χ2v) is 9.13. The molecule has 2 bridgehead atoms. The lowest BCUT2D eigenvalue weighted by atomic mass is 9.44. The predicted octanol–water partition coefficient (Wildman–Crippen LogP) is 6.06. The zero-order valence-corrected chi connectivity index (χ0v) is 15.6. The van der Waals surface area contributed by atoms with Gasteiger partial charge in [-0.25, -0.2) is 4.98 Å². The molecule has 2 aromatic heterocycles. The van der Waals surface area contributed by atoms with Gasteiger partial charge in [0.2, 0.25) is 0 Å². The lowest BCUT2D eigenvalue weighted by Crippen LogP contribution is -2.50. The molecule has 1 saturated carbocycles. The van der Waals surface area contributed by atoms with E-state index in [9.17, 15) is 0 Å². The van der Waals surface area contributed by atoms with Crippen molar-refractivity contribution >= 4 is 21.8 Å². The largest absolute Gasteiger partial charge is 0.254 e. The third kappa shape index (κ3) is 2.03. The van der Waals surface area contributed by atoms with Crippen molar-refractivity contribution in [3.8, 4) is 0 Å². The Kier molecular flexibility index (Phi) is 3.08. The summed E-state index contributed by atoms with van der Waals surface area (Å²) in [7, 11) is 0. The molecule has 25 heavy (non-hydrogen) atoms. The van der Waals surface area contributed by atoms with Crippen molar-refractivity contribution in [3.05, 3.63) is 47.8 Å². The van der Waals surface area contributed by atoms with E-state index in [0.717, 1.165) is 17.0 Å². The summed E-state index contributed by atoms with van der Waals surface area (Å²) in [6.07, 6.45) is 4.47. The Balaban J connectivity index is 1.79. The van der Waals surface area contributed by atoms with E-state index in [-0.39, 0.29) is 0 Å². The molecule has 1 aromatic carbocycles. The average Bonchev–Trinajstić information content (AvgIpc) is 2.59. The molecular formula is C23H26N2. The second-order valence-electron chi connectivity index (χ2n) is 9.13. The van der Waals surface area contributed by atoms with Gasteiger partial charge in [0.15, 0.2) is 0 Å². The van der Waals surface area contributed by atoms with Crippen molar-refractivity contribution < 1.29 is 0 Å². The van der Waals surface area contributed by atoms with Crippen molar-refractivity contribution in [3.63, 3.8) is 0 Å². The van der Waals surface area contributed by atoms with Crippen LogP contribution in [0.15, 0.2) is 36.5 Å². The van der Waals surface area contributed by atoms with E-state index >= 15 is 0 Å². The fourth-order valence-electron chi connectivity index (χ4n) is 5.53. The van der Waals surface area contributed by atoms with E-state index in [0.29, 0.717) is 23.2 Å². The van der Waals surface area contributed by atoms with Gasteiger partial charge in [-0.3, -0.25) is 4.98 Å². The van der Waals surface area contributed by atoms with Crippen molar-refractivity contribution in [2.45, 2.75) is 52.4 Å². The monoisotopic (exact) mass is 330 g/mol. The van der Waals surface area contributed by atoms with Crippen LogP contribution in [0.4, 0.5) is 0 Å². The van der Waals surface area contributed by atoms with Crippen LogP contribution >= 0.6 is 0 Å². The van der Waals surface area contributed by atoms with Crippen molar-refractivity contribution in [1.29, 1.82) is 0 Å². The molecule has 128 valence electrons. The Labute approximate surface area is 149 Å². The number of pyridine rings is 2. The van der Waals surface area contributed by atoms with Crippen molar-refractivity contribution in [1.82, 2.24) is 9.97 Å². The van der Waals surface area contributed by atoms with Gasteiger partial charge in [-0.15, -0.1) is 0 Å².